The van der Waals surface area contributed by atoms with E-state index < -0.39 is 0 Å². The lowest BCUT2D eigenvalue weighted by Crippen LogP contribution is -2.37. The third-order valence-electron chi connectivity index (χ3n) is 3.04. The van der Waals surface area contributed by atoms with Gasteiger partial charge in [-0.15, -0.1) is 5.10 Å². The maximum Gasteiger partial charge on any atom is 0.240 e. The zero-order valence-corrected chi connectivity index (χ0v) is 9.37. The molecule has 1 atom stereocenters. The smallest absolute Gasteiger partial charge is 0.240 e. The lowest BCUT2D eigenvalue weighted by Gasteiger charge is -2.22. The van der Waals surface area contributed by atoms with Gasteiger partial charge in [0, 0.05) is 6.54 Å². The van der Waals surface area contributed by atoms with Crippen LogP contribution < -0.4 is 10.1 Å². The van der Waals surface area contributed by atoms with E-state index in [4.69, 9.17) is 4.74 Å². The van der Waals surface area contributed by atoms with Crippen LogP contribution in [0.5, 0.6) is 5.88 Å². The molecular weight excluding hydrogens is 221 g/mol. The first-order valence-electron chi connectivity index (χ1n) is 5.84. The normalized spacial score (nSPS) is 20.6. The summed E-state index contributed by atoms with van der Waals surface area (Å²) in [6.07, 6.45) is 2.23. The van der Waals surface area contributed by atoms with Crippen LogP contribution in [0.1, 0.15) is 12.8 Å². The second-order valence-electron chi connectivity index (χ2n) is 4.28. The largest absolute Gasteiger partial charge is 0.472 e. The molecule has 1 aromatic heterocycles. The van der Waals surface area contributed by atoms with E-state index in [1.165, 1.54) is 6.07 Å². The number of hydrogen-bond donors (Lipinski definition) is 2. The number of H-pyrrole nitrogens is 1. The molecule has 2 N–H and O–H groups in total. The number of benzene rings is 1. The van der Waals surface area contributed by atoms with Crippen LogP contribution in [-0.4, -0.2) is 29.4 Å². The van der Waals surface area contributed by atoms with Crippen LogP contribution in [0.4, 0.5) is 4.39 Å². The Morgan fingerprint density at radius 1 is 1.41 bits per heavy atom. The third-order valence-corrected chi connectivity index (χ3v) is 3.04. The van der Waals surface area contributed by atoms with Crippen molar-refractivity contribution in [3.05, 3.63) is 24.0 Å². The molecule has 4 nitrogen and oxygen atoms in total. The fourth-order valence-electron chi connectivity index (χ4n) is 2.15. The molecule has 0 radical (unpaired) electrons. The van der Waals surface area contributed by atoms with Crippen LogP contribution in [-0.2, 0) is 0 Å². The van der Waals surface area contributed by atoms with E-state index in [1.807, 2.05) is 6.07 Å². The highest BCUT2D eigenvalue weighted by molar-refractivity contribution is 5.84. The van der Waals surface area contributed by atoms with Crippen LogP contribution in [0.2, 0.25) is 0 Å². The quantitative estimate of drug-likeness (QED) is 0.835. The Bertz CT molecular complexity index is 519. The Hall–Kier alpha value is -1.62. The van der Waals surface area contributed by atoms with Gasteiger partial charge in [-0.05, 0) is 31.5 Å². The van der Waals surface area contributed by atoms with Gasteiger partial charge in [-0.25, -0.2) is 4.39 Å². The van der Waals surface area contributed by atoms with Gasteiger partial charge >= 0.3 is 0 Å². The summed E-state index contributed by atoms with van der Waals surface area (Å²) in [6.45, 7) is 1.86. The van der Waals surface area contributed by atoms with E-state index in [1.54, 1.807) is 6.07 Å². The summed E-state index contributed by atoms with van der Waals surface area (Å²) in [4.78, 5) is 0. The summed E-state index contributed by atoms with van der Waals surface area (Å²) in [5.74, 6) is 0.194. The first-order valence-corrected chi connectivity index (χ1v) is 5.84. The number of hydrogen-bond acceptors (Lipinski definition) is 3. The zero-order valence-electron chi connectivity index (χ0n) is 9.37. The summed E-state index contributed by atoms with van der Waals surface area (Å²) in [7, 11) is 0. The molecule has 3 rings (SSSR count). The number of ether oxygens (including phenoxy) is 1. The number of piperidine rings is 1. The van der Waals surface area contributed by atoms with Crippen molar-refractivity contribution in [2.24, 2.45) is 0 Å². The second kappa shape index (κ2) is 4.33. The van der Waals surface area contributed by atoms with Crippen LogP contribution in [0.25, 0.3) is 10.9 Å². The monoisotopic (exact) mass is 235 g/mol. The van der Waals surface area contributed by atoms with E-state index in [-0.39, 0.29) is 11.9 Å². The van der Waals surface area contributed by atoms with Crippen molar-refractivity contribution in [1.82, 2.24) is 15.5 Å². The number of nitrogens with zero attached hydrogens (tertiary/aromatic N) is 1. The van der Waals surface area contributed by atoms with E-state index in [0.717, 1.165) is 25.9 Å². The van der Waals surface area contributed by atoms with Gasteiger partial charge in [0.2, 0.25) is 5.88 Å². The average Bonchev–Trinajstić information content (AvgIpc) is 2.76. The van der Waals surface area contributed by atoms with Crippen LogP contribution >= 0.6 is 0 Å². The molecule has 0 spiro atoms. The molecule has 2 heterocycles. The van der Waals surface area contributed by atoms with Gasteiger partial charge in [0.05, 0.1) is 5.39 Å². The number of halogens is 1. The maximum atomic E-state index is 13.4. The topological polar surface area (TPSA) is 49.9 Å². The fourth-order valence-corrected chi connectivity index (χ4v) is 2.15. The van der Waals surface area contributed by atoms with Crippen LogP contribution in [0.3, 0.4) is 0 Å². The lowest BCUT2D eigenvalue weighted by atomic mass is 10.1. The Kier molecular flexibility index (Phi) is 2.68. The lowest BCUT2D eigenvalue weighted by molar-refractivity contribution is 0.162. The summed E-state index contributed by atoms with van der Waals surface area (Å²) < 4.78 is 19.2. The zero-order chi connectivity index (χ0) is 11.7. The first kappa shape index (κ1) is 10.5. The second-order valence-corrected chi connectivity index (χ2v) is 4.28. The number of rotatable bonds is 2. The van der Waals surface area contributed by atoms with Crippen molar-refractivity contribution in [2.45, 2.75) is 18.9 Å². The minimum atomic E-state index is -0.299. The third kappa shape index (κ3) is 1.98. The van der Waals surface area contributed by atoms with Gasteiger partial charge < -0.3 is 10.1 Å². The van der Waals surface area contributed by atoms with Crippen molar-refractivity contribution in [3.8, 4) is 5.88 Å². The molecule has 2 aromatic rings. The summed E-state index contributed by atoms with van der Waals surface area (Å²) in [6, 6.07) is 4.89. The minimum Gasteiger partial charge on any atom is -0.472 e. The Balaban J connectivity index is 1.87. The van der Waals surface area contributed by atoms with Gasteiger partial charge in [-0.2, -0.15) is 0 Å². The van der Waals surface area contributed by atoms with Crippen molar-refractivity contribution in [3.63, 3.8) is 0 Å². The Morgan fingerprint density at radius 3 is 3.18 bits per heavy atom. The molecule has 1 fully saturated rings. The Morgan fingerprint density at radius 2 is 2.35 bits per heavy atom. The van der Waals surface area contributed by atoms with Gasteiger partial charge in [0.25, 0.3) is 0 Å². The minimum absolute atomic E-state index is 0.124. The van der Waals surface area contributed by atoms with Gasteiger partial charge in [-0.3, -0.25) is 5.10 Å². The maximum absolute atomic E-state index is 13.4. The van der Waals surface area contributed by atoms with Crippen LogP contribution in [0.15, 0.2) is 18.2 Å². The molecule has 1 saturated heterocycles. The number of fused-ring (bicyclic) bond motifs is 1. The molecule has 1 aromatic carbocycles. The molecule has 0 saturated carbocycles. The van der Waals surface area contributed by atoms with Gasteiger partial charge in [0.15, 0.2) is 0 Å². The first-order chi connectivity index (χ1) is 8.34. The summed E-state index contributed by atoms with van der Waals surface area (Å²) in [5, 5.41) is 10.7. The summed E-state index contributed by atoms with van der Waals surface area (Å²) in [5.41, 5.74) is 0.409. The van der Waals surface area contributed by atoms with E-state index in [0.29, 0.717) is 16.8 Å². The molecule has 0 bridgehead atoms. The molecule has 1 unspecified atom stereocenters. The molecule has 0 aliphatic carbocycles. The van der Waals surface area contributed by atoms with Crippen molar-refractivity contribution in [1.29, 1.82) is 0 Å². The molecule has 0 amide bonds. The number of nitrogens with one attached hydrogen (secondary N) is 2. The Labute approximate surface area is 98.2 Å². The highest BCUT2D eigenvalue weighted by Crippen LogP contribution is 2.25. The molecular formula is C12H14FN3O. The average molecular weight is 235 g/mol. The summed E-state index contributed by atoms with van der Waals surface area (Å²) >= 11 is 0. The predicted octanol–water partition coefficient (Wildman–Crippen LogP) is 1.83. The van der Waals surface area contributed by atoms with Crippen molar-refractivity contribution >= 4 is 10.9 Å². The number of aromatic amines is 1. The highest BCUT2D eigenvalue weighted by atomic mass is 19.1. The van der Waals surface area contributed by atoms with E-state index in [9.17, 15) is 4.39 Å². The number of aromatic nitrogens is 2. The number of para-hydroxylation sites is 1. The fraction of sp³-hybridized carbons (Fsp3) is 0.417. The van der Waals surface area contributed by atoms with Crippen molar-refractivity contribution < 1.29 is 9.13 Å². The molecule has 1 aliphatic rings. The molecule has 1 aliphatic heterocycles. The van der Waals surface area contributed by atoms with Gasteiger partial charge in [0.1, 0.15) is 17.4 Å². The van der Waals surface area contributed by atoms with Gasteiger partial charge in [-0.1, -0.05) is 6.07 Å². The molecule has 90 valence electrons. The SMILES string of the molecule is Fc1cccc2c(OC3CCCNC3)n[nH]c12. The standard InChI is InChI=1S/C12H14FN3O/c13-10-5-1-4-9-11(10)15-16-12(9)17-8-3-2-6-14-7-8/h1,4-5,8,14H,2-3,6-7H2,(H,15,16). The molecule has 17 heavy (non-hydrogen) atoms. The van der Waals surface area contributed by atoms with Crippen LogP contribution in [0, 0.1) is 5.82 Å². The van der Waals surface area contributed by atoms with Crippen molar-refractivity contribution in [2.75, 3.05) is 13.1 Å². The highest BCUT2D eigenvalue weighted by Gasteiger charge is 2.18. The molecule has 5 heteroatoms. The van der Waals surface area contributed by atoms with E-state index in [2.05, 4.69) is 15.5 Å². The predicted molar refractivity (Wildman–Crippen MR) is 62.6 cm³/mol. The van der Waals surface area contributed by atoms with E-state index >= 15 is 0 Å².